The van der Waals surface area contributed by atoms with E-state index in [0.717, 1.165) is 13.0 Å². The Morgan fingerprint density at radius 1 is 1.83 bits per heavy atom. The smallest absolute Gasteiger partial charge is 0.0796 e. The molecular weight excluding hydrogens is 78.0 g/mol. The van der Waals surface area contributed by atoms with Crippen molar-refractivity contribution in [3.05, 3.63) is 0 Å². The molecule has 1 heterocycles. The van der Waals surface area contributed by atoms with Crippen LogP contribution in [0, 0.1) is 0 Å². The van der Waals surface area contributed by atoms with Crippen LogP contribution in [0.4, 0.5) is 0 Å². The van der Waals surface area contributed by atoms with Gasteiger partial charge in [0.25, 0.3) is 0 Å². The van der Waals surface area contributed by atoms with Crippen molar-refractivity contribution >= 4 is 0 Å². The highest BCUT2D eigenvalue weighted by atomic mass is 16.7. The molecule has 1 fully saturated rings. The van der Waals surface area contributed by atoms with E-state index < -0.39 is 0 Å². The minimum Gasteiger partial charge on any atom is -0.279 e. The summed E-state index contributed by atoms with van der Waals surface area (Å²) in [5, 5.41) is 0. The van der Waals surface area contributed by atoms with E-state index in [9.17, 15) is 0 Å². The molecule has 0 spiro atoms. The van der Waals surface area contributed by atoms with Crippen LogP contribution >= 0.6 is 0 Å². The molecule has 1 aliphatic heterocycles. The van der Waals surface area contributed by atoms with Crippen LogP contribution in [0.3, 0.4) is 0 Å². The Labute approximate surface area is 37.4 Å². The van der Waals surface area contributed by atoms with Crippen molar-refractivity contribution in [2.24, 2.45) is 0 Å². The zero-order valence-corrected chi connectivity index (χ0v) is 3.85. The molecular formula is C4H8NO. The van der Waals surface area contributed by atoms with Crippen LogP contribution in [0.1, 0.15) is 13.3 Å². The summed E-state index contributed by atoms with van der Waals surface area (Å²) in [6.45, 7) is 2.91. The van der Waals surface area contributed by atoms with Crippen molar-refractivity contribution in [3.8, 4) is 0 Å². The first-order chi connectivity index (χ1) is 2.89. The maximum Gasteiger partial charge on any atom is 0.0796 e. The molecule has 0 aromatic rings. The lowest BCUT2D eigenvalue weighted by atomic mass is 10.3. The predicted octanol–water partition coefficient (Wildman–Crippen LogP) is 0.315. The fourth-order valence-electron chi connectivity index (χ4n) is 0.467. The van der Waals surface area contributed by atoms with Crippen LogP contribution < -0.4 is 5.48 Å². The molecule has 0 bridgehead atoms. The zero-order valence-electron chi connectivity index (χ0n) is 3.85. The van der Waals surface area contributed by atoms with Gasteiger partial charge in [-0.2, -0.15) is 0 Å². The first-order valence-electron chi connectivity index (χ1n) is 2.22. The monoisotopic (exact) mass is 86.1 g/mol. The molecule has 6 heavy (non-hydrogen) atoms. The maximum absolute atomic E-state index is 4.78. The summed E-state index contributed by atoms with van der Waals surface area (Å²) < 4.78 is 0. The van der Waals surface area contributed by atoms with Gasteiger partial charge in [-0.05, 0) is 13.3 Å². The normalized spacial score (nSPS) is 34.5. The van der Waals surface area contributed by atoms with Gasteiger partial charge < -0.3 is 0 Å². The molecule has 2 heteroatoms. The molecule has 1 aliphatic rings. The largest absolute Gasteiger partial charge is 0.279 e. The third-order valence-corrected chi connectivity index (χ3v) is 0.881. The van der Waals surface area contributed by atoms with Gasteiger partial charge in [0.1, 0.15) is 0 Å². The highest BCUT2D eigenvalue weighted by Crippen LogP contribution is 2.00. The summed E-state index contributed by atoms with van der Waals surface area (Å²) in [6, 6.07) is 0. The molecule has 0 aromatic heterocycles. The summed E-state index contributed by atoms with van der Waals surface area (Å²) >= 11 is 0. The van der Waals surface area contributed by atoms with E-state index in [1.165, 1.54) is 0 Å². The van der Waals surface area contributed by atoms with Crippen LogP contribution in [0.5, 0.6) is 0 Å². The molecule has 0 amide bonds. The van der Waals surface area contributed by atoms with E-state index in [-0.39, 0.29) is 0 Å². The van der Waals surface area contributed by atoms with Crippen LogP contribution in [-0.2, 0) is 4.84 Å². The van der Waals surface area contributed by atoms with E-state index in [0.29, 0.717) is 6.10 Å². The molecule has 1 atom stereocenters. The van der Waals surface area contributed by atoms with Crippen LogP contribution in [0.2, 0.25) is 0 Å². The second-order valence-corrected chi connectivity index (χ2v) is 1.56. The summed E-state index contributed by atoms with van der Waals surface area (Å²) in [5.74, 6) is 0. The molecule has 1 saturated heterocycles. The Bertz CT molecular complexity index is 40.8. The topological polar surface area (TPSA) is 23.3 Å². The quantitative estimate of drug-likeness (QED) is 0.416. The summed E-state index contributed by atoms with van der Waals surface area (Å²) in [5.41, 5.74) is 3.66. The van der Waals surface area contributed by atoms with Crippen molar-refractivity contribution in [2.45, 2.75) is 19.4 Å². The summed E-state index contributed by atoms with van der Waals surface area (Å²) in [6.07, 6.45) is 1.48. The highest BCUT2D eigenvalue weighted by molar-refractivity contribution is 4.54. The Morgan fingerprint density at radius 2 is 2.67 bits per heavy atom. The molecule has 1 rings (SSSR count). The van der Waals surface area contributed by atoms with Crippen LogP contribution in [0.25, 0.3) is 0 Å². The number of hydroxylamine groups is 1. The van der Waals surface area contributed by atoms with E-state index in [1.807, 2.05) is 6.92 Å². The summed E-state index contributed by atoms with van der Waals surface area (Å²) in [4.78, 5) is 4.78. The first kappa shape index (κ1) is 4.09. The molecule has 1 radical (unpaired) electrons. The van der Waals surface area contributed by atoms with Crippen LogP contribution in [-0.4, -0.2) is 12.6 Å². The van der Waals surface area contributed by atoms with E-state index in [2.05, 4.69) is 5.48 Å². The molecule has 2 nitrogen and oxygen atoms in total. The lowest BCUT2D eigenvalue weighted by Crippen LogP contribution is -1.97. The average Bonchev–Trinajstić information content (AvgIpc) is 1.86. The van der Waals surface area contributed by atoms with E-state index >= 15 is 0 Å². The van der Waals surface area contributed by atoms with Gasteiger partial charge in [0.2, 0.25) is 0 Å². The molecule has 0 aromatic carbocycles. The van der Waals surface area contributed by atoms with Gasteiger partial charge in [0.15, 0.2) is 0 Å². The van der Waals surface area contributed by atoms with Crippen molar-refractivity contribution < 1.29 is 4.84 Å². The Hall–Kier alpha value is -0.0800. The number of rotatable bonds is 0. The Balaban J connectivity index is 2.18. The van der Waals surface area contributed by atoms with Crippen molar-refractivity contribution in [2.75, 3.05) is 6.54 Å². The van der Waals surface area contributed by atoms with Crippen LogP contribution in [0.15, 0.2) is 0 Å². The molecule has 35 valence electrons. The molecule has 0 saturated carbocycles. The lowest BCUT2D eigenvalue weighted by Gasteiger charge is -1.91. The van der Waals surface area contributed by atoms with Gasteiger partial charge in [-0.1, -0.05) is 5.48 Å². The molecule has 1 unspecified atom stereocenters. The van der Waals surface area contributed by atoms with Crippen molar-refractivity contribution in [1.82, 2.24) is 5.48 Å². The zero-order chi connectivity index (χ0) is 4.41. The standard InChI is InChI=1S/C4H8NO/c1-4-2-3-5-6-4/h4H,2-3H2,1H3. The third kappa shape index (κ3) is 0.698. The Morgan fingerprint density at radius 3 is 2.83 bits per heavy atom. The number of hydrogen-bond donors (Lipinski definition) is 0. The van der Waals surface area contributed by atoms with Crippen molar-refractivity contribution in [3.63, 3.8) is 0 Å². The van der Waals surface area contributed by atoms with Gasteiger partial charge in [-0.3, -0.25) is 4.84 Å². The third-order valence-electron chi connectivity index (χ3n) is 0.881. The van der Waals surface area contributed by atoms with Crippen molar-refractivity contribution in [1.29, 1.82) is 0 Å². The minimum atomic E-state index is 0.380. The second-order valence-electron chi connectivity index (χ2n) is 1.56. The average molecular weight is 86.1 g/mol. The molecule has 0 N–H and O–H groups in total. The van der Waals surface area contributed by atoms with Gasteiger partial charge in [-0.25, -0.2) is 0 Å². The molecule has 0 aliphatic carbocycles. The highest BCUT2D eigenvalue weighted by Gasteiger charge is 2.08. The number of nitrogens with zero attached hydrogens (tertiary/aromatic N) is 1. The number of hydrogen-bond acceptors (Lipinski definition) is 1. The van der Waals surface area contributed by atoms with Gasteiger partial charge in [0, 0.05) is 6.54 Å². The van der Waals surface area contributed by atoms with E-state index in [1.54, 1.807) is 0 Å². The fraction of sp³-hybridized carbons (Fsp3) is 1.00. The summed E-state index contributed by atoms with van der Waals surface area (Å²) in [7, 11) is 0. The predicted molar refractivity (Wildman–Crippen MR) is 22.2 cm³/mol. The first-order valence-corrected chi connectivity index (χ1v) is 2.22. The van der Waals surface area contributed by atoms with Gasteiger partial charge in [-0.15, -0.1) is 0 Å². The van der Waals surface area contributed by atoms with Gasteiger partial charge in [0.05, 0.1) is 6.10 Å². The minimum absolute atomic E-state index is 0.380. The lowest BCUT2D eigenvalue weighted by molar-refractivity contribution is 0.0382. The fourth-order valence-corrected chi connectivity index (χ4v) is 0.467. The second kappa shape index (κ2) is 1.58. The van der Waals surface area contributed by atoms with E-state index in [4.69, 9.17) is 4.84 Å². The van der Waals surface area contributed by atoms with Gasteiger partial charge >= 0.3 is 0 Å². The maximum atomic E-state index is 4.78. The Kier molecular flexibility index (Phi) is 1.08. The SMILES string of the molecule is CC1CC[N]O1.